The molecule has 0 radical (unpaired) electrons. The molecule has 1 aliphatic carbocycles. The Hall–Kier alpha value is -3.56. The van der Waals surface area contributed by atoms with Gasteiger partial charge in [-0.15, -0.1) is 0 Å². The molecule has 7 nitrogen and oxygen atoms in total. The average Bonchev–Trinajstić information content (AvgIpc) is 3.48. The van der Waals surface area contributed by atoms with Gasteiger partial charge >= 0.3 is 18.2 Å². The molecule has 3 fully saturated rings. The highest BCUT2D eigenvalue weighted by atomic mass is 19.4. The average molecular weight is 544 g/mol. The molecule has 208 valence electrons. The van der Waals surface area contributed by atoms with Gasteiger partial charge in [-0.2, -0.15) is 13.2 Å². The smallest absolute Gasteiger partial charge is 0.416 e. The van der Waals surface area contributed by atoms with Crippen molar-refractivity contribution in [2.24, 2.45) is 5.92 Å². The summed E-state index contributed by atoms with van der Waals surface area (Å²) >= 11 is 0. The molecule has 3 amide bonds. The Morgan fingerprint density at radius 3 is 2.26 bits per heavy atom. The van der Waals surface area contributed by atoms with E-state index in [4.69, 9.17) is 5.11 Å². The summed E-state index contributed by atoms with van der Waals surface area (Å²) < 4.78 is 39.2. The lowest BCUT2D eigenvalue weighted by Gasteiger charge is -2.43. The lowest BCUT2D eigenvalue weighted by atomic mass is 9.85. The first kappa shape index (κ1) is 27.0. The van der Waals surface area contributed by atoms with Crippen molar-refractivity contribution in [1.29, 1.82) is 0 Å². The number of imide groups is 1. The highest BCUT2D eigenvalue weighted by Crippen LogP contribution is 2.41. The van der Waals surface area contributed by atoms with Gasteiger partial charge in [0.05, 0.1) is 12.0 Å². The number of carboxylic acids is 1. The molecule has 39 heavy (non-hydrogen) atoms. The van der Waals surface area contributed by atoms with Crippen molar-refractivity contribution in [1.82, 2.24) is 9.80 Å². The highest BCUT2D eigenvalue weighted by Gasteiger charge is 2.58. The van der Waals surface area contributed by atoms with Gasteiger partial charge in [0, 0.05) is 31.9 Å². The third-order valence-electron chi connectivity index (χ3n) is 8.38. The van der Waals surface area contributed by atoms with Crippen molar-refractivity contribution in [3.63, 3.8) is 0 Å². The molecule has 2 saturated heterocycles. The molecule has 1 N–H and O–H groups in total. The van der Waals surface area contributed by atoms with Gasteiger partial charge < -0.3 is 14.9 Å². The largest absolute Gasteiger partial charge is 0.481 e. The van der Waals surface area contributed by atoms with Gasteiger partial charge in [0.15, 0.2) is 0 Å². The third-order valence-corrected chi connectivity index (χ3v) is 8.38. The summed E-state index contributed by atoms with van der Waals surface area (Å²) in [4.78, 5) is 43.8. The number of carbonyl (C=O) groups excluding carboxylic acids is 2. The second-order valence-corrected chi connectivity index (χ2v) is 10.9. The number of rotatable bonds is 7. The third kappa shape index (κ3) is 5.46. The predicted octanol–water partition coefficient (Wildman–Crippen LogP) is 5.33. The number of urea groups is 1. The molecule has 3 aliphatic rings. The summed E-state index contributed by atoms with van der Waals surface area (Å²) in [5.41, 5.74) is 0.255. The van der Waals surface area contributed by atoms with E-state index in [2.05, 4.69) is 4.90 Å². The normalized spacial score (nSPS) is 19.9. The number of halogens is 3. The number of amides is 3. The van der Waals surface area contributed by atoms with E-state index in [1.807, 2.05) is 18.2 Å². The summed E-state index contributed by atoms with van der Waals surface area (Å²) in [6.45, 7) is 1.40. The van der Waals surface area contributed by atoms with Crippen molar-refractivity contribution in [3.05, 3.63) is 65.2 Å². The number of alkyl halides is 3. The van der Waals surface area contributed by atoms with Gasteiger partial charge in [-0.1, -0.05) is 37.1 Å². The molecule has 1 spiro atoms. The van der Waals surface area contributed by atoms with Gasteiger partial charge in [0.2, 0.25) is 0 Å². The molecule has 1 saturated carbocycles. The van der Waals surface area contributed by atoms with E-state index < -0.39 is 23.2 Å². The number of benzene rings is 2. The van der Waals surface area contributed by atoms with Crippen LogP contribution in [-0.2, 0) is 28.7 Å². The number of piperidine rings is 1. The van der Waals surface area contributed by atoms with Crippen molar-refractivity contribution in [3.8, 4) is 0 Å². The Bertz CT molecular complexity index is 1230. The number of nitrogens with zero attached hydrogens (tertiary/aromatic N) is 3. The Kier molecular flexibility index (Phi) is 7.31. The van der Waals surface area contributed by atoms with Crippen LogP contribution in [0.1, 0.15) is 55.2 Å². The SMILES string of the molecule is O=C(O)Cc1cccc(N2CCC3(CC2)C(=O)N(CC2CCCC2)C(=O)N3Cc2ccc(C(F)(F)F)cc2)c1. The van der Waals surface area contributed by atoms with E-state index in [1.54, 1.807) is 11.0 Å². The van der Waals surface area contributed by atoms with Crippen LogP contribution in [0.4, 0.5) is 23.7 Å². The Morgan fingerprint density at radius 2 is 1.64 bits per heavy atom. The molecule has 2 aliphatic heterocycles. The molecule has 0 bridgehead atoms. The zero-order valence-electron chi connectivity index (χ0n) is 21.6. The molecule has 0 atom stereocenters. The van der Waals surface area contributed by atoms with E-state index in [0.717, 1.165) is 43.5 Å². The Balaban J connectivity index is 1.38. The topological polar surface area (TPSA) is 81.2 Å². The fourth-order valence-electron chi connectivity index (χ4n) is 6.25. The maximum Gasteiger partial charge on any atom is 0.416 e. The Labute approximate surface area is 225 Å². The molecule has 5 rings (SSSR count). The Morgan fingerprint density at radius 1 is 0.974 bits per heavy atom. The van der Waals surface area contributed by atoms with Crippen LogP contribution in [0.5, 0.6) is 0 Å². The zero-order valence-corrected chi connectivity index (χ0v) is 21.6. The molecule has 0 unspecified atom stereocenters. The fraction of sp³-hybridized carbons (Fsp3) is 0.483. The number of hydrogen-bond acceptors (Lipinski definition) is 4. The van der Waals surface area contributed by atoms with E-state index in [-0.39, 0.29) is 30.8 Å². The lowest BCUT2D eigenvalue weighted by Crippen LogP contribution is -2.56. The number of carbonyl (C=O) groups is 3. The van der Waals surface area contributed by atoms with Gasteiger partial charge in [0.25, 0.3) is 5.91 Å². The molecule has 10 heteroatoms. The second-order valence-electron chi connectivity index (χ2n) is 10.9. The number of aliphatic carboxylic acids is 1. The van der Waals surface area contributed by atoms with Crippen molar-refractivity contribution in [2.75, 3.05) is 24.5 Å². The standard InChI is InChI=1S/C29H32F3N3O4/c30-29(31,32)23-10-8-21(9-11-23)19-35-27(39)34(18-20-4-1-2-5-20)26(38)28(35)12-14-33(15-13-28)24-7-3-6-22(16-24)17-25(36)37/h3,6-11,16,20H,1-2,4-5,12-15,17-19H2,(H,36,37). The number of carboxylic acid groups (broad SMARTS) is 1. The minimum atomic E-state index is -4.45. The monoisotopic (exact) mass is 543 g/mol. The molecular weight excluding hydrogens is 511 g/mol. The first-order valence-electron chi connectivity index (χ1n) is 13.4. The van der Waals surface area contributed by atoms with Crippen LogP contribution >= 0.6 is 0 Å². The van der Waals surface area contributed by atoms with Crippen LogP contribution < -0.4 is 4.90 Å². The maximum absolute atomic E-state index is 13.9. The van der Waals surface area contributed by atoms with Crippen LogP contribution in [-0.4, -0.2) is 58.0 Å². The van der Waals surface area contributed by atoms with Crippen LogP contribution in [0.15, 0.2) is 48.5 Å². The highest BCUT2D eigenvalue weighted by molar-refractivity contribution is 6.07. The van der Waals surface area contributed by atoms with Crippen molar-refractivity contribution < 1.29 is 32.7 Å². The minimum Gasteiger partial charge on any atom is -0.481 e. The lowest BCUT2D eigenvalue weighted by molar-refractivity contribution is -0.138. The zero-order chi connectivity index (χ0) is 27.8. The first-order valence-corrected chi connectivity index (χ1v) is 13.4. The maximum atomic E-state index is 13.9. The van der Waals surface area contributed by atoms with E-state index >= 15 is 0 Å². The summed E-state index contributed by atoms with van der Waals surface area (Å²) in [5.74, 6) is -0.857. The quantitative estimate of drug-likeness (QED) is 0.478. The van der Waals surface area contributed by atoms with Gasteiger partial charge in [-0.3, -0.25) is 14.5 Å². The van der Waals surface area contributed by atoms with Crippen LogP contribution in [0, 0.1) is 5.92 Å². The summed E-state index contributed by atoms with van der Waals surface area (Å²) in [6.07, 6.45) is 0.327. The predicted molar refractivity (Wildman–Crippen MR) is 138 cm³/mol. The van der Waals surface area contributed by atoms with Crippen LogP contribution in [0.2, 0.25) is 0 Å². The molecule has 2 aromatic carbocycles. The molecular formula is C29H32F3N3O4. The van der Waals surface area contributed by atoms with Crippen molar-refractivity contribution in [2.45, 2.75) is 63.2 Å². The number of anilines is 1. The summed E-state index contributed by atoms with van der Waals surface area (Å²) in [7, 11) is 0. The van der Waals surface area contributed by atoms with Crippen LogP contribution in [0.3, 0.4) is 0 Å². The van der Waals surface area contributed by atoms with Crippen LogP contribution in [0.25, 0.3) is 0 Å². The minimum absolute atomic E-state index is 0.0535. The van der Waals surface area contributed by atoms with Gasteiger partial charge in [-0.25, -0.2) is 4.79 Å². The first-order chi connectivity index (χ1) is 18.6. The summed E-state index contributed by atoms with van der Waals surface area (Å²) in [5, 5.41) is 9.14. The second kappa shape index (κ2) is 10.5. The van der Waals surface area contributed by atoms with Crippen molar-refractivity contribution >= 4 is 23.6 Å². The number of hydrogen-bond donors (Lipinski definition) is 1. The van der Waals surface area contributed by atoms with E-state index in [9.17, 15) is 27.6 Å². The summed E-state index contributed by atoms with van der Waals surface area (Å²) in [6, 6.07) is 11.7. The van der Waals surface area contributed by atoms with Gasteiger partial charge in [-0.05, 0) is 67.0 Å². The van der Waals surface area contributed by atoms with Gasteiger partial charge in [0.1, 0.15) is 5.54 Å². The van der Waals surface area contributed by atoms with E-state index in [1.165, 1.54) is 17.0 Å². The fourth-order valence-corrected chi connectivity index (χ4v) is 6.25. The molecule has 0 aromatic heterocycles. The van der Waals surface area contributed by atoms with E-state index in [0.29, 0.717) is 43.6 Å². The molecule has 2 heterocycles. The molecule has 2 aromatic rings.